The predicted molar refractivity (Wildman–Crippen MR) is 107 cm³/mol. The molecule has 2 heterocycles. The van der Waals surface area contributed by atoms with Crippen molar-refractivity contribution in [1.29, 1.82) is 0 Å². The van der Waals surface area contributed by atoms with Gasteiger partial charge in [0, 0.05) is 51.0 Å². The van der Waals surface area contributed by atoms with E-state index in [4.69, 9.17) is 20.9 Å². The number of halogens is 4. The molecular weight excluding hydrogens is 414 g/mol. The molecule has 0 aliphatic carbocycles. The molecule has 0 aliphatic heterocycles. The molecule has 0 saturated heterocycles. The van der Waals surface area contributed by atoms with Gasteiger partial charge in [0.05, 0.1) is 6.61 Å². The second-order valence-corrected chi connectivity index (χ2v) is 6.88. The van der Waals surface area contributed by atoms with Gasteiger partial charge in [-0.2, -0.15) is 0 Å². The van der Waals surface area contributed by atoms with E-state index in [0.29, 0.717) is 5.88 Å². The topological polar surface area (TPSA) is 63.1 Å². The number of aryl methyl sites for hydroxylation is 2. The number of hydrogen-bond acceptors (Lipinski definition) is 4. The molecule has 0 fully saturated rings. The van der Waals surface area contributed by atoms with E-state index in [1.807, 2.05) is 38.1 Å². The van der Waals surface area contributed by atoms with Gasteiger partial charge in [-0.3, -0.25) is 9.97 Å². The molecule has 0 unspecified atom stereocenters. The number of pyridine rings is 2. The van der Waals surface area contributed by atoms with Gasteiger partial charge in [-0.25, -0.2) is 4.21 Å². The molecule has 9 heteroatoms. The highest BCUT2D eigenvalue weighted by atomic mass is 36.0. The highest BCUT2D eigenvalue weighted by Gasteiger charge is 1.88. The van der Waals surface area contributed by atoms with Gasteiger partial charge in [0.25, 0.3) is 0 Å². The van der Waals surface area contributed by atoms with E-state index in [1.54, 1.807) is 12.4 Å². The average molecular weight is 436 g/mol. The molecular formula is C15H22Cl4N2O2S. The van der Waals surface area contributed by atoms with Crippen LogP contribution in [-0.4, -0.2) is 19.3 Å². The zero-order valence-electron chi connectivity index (χ0n) is 12.6. The molecule has 1 N–H and O–H groups in total. The quantitative estimate of drug-likeness (QED) is 0.525. The highest BCUT2D eigenvalue weighted by Crippen LogP contribution is 2.01. The standard InChI is InChI=1S/C7H8ClN.C7H9NO.CH4.Cl2OS.ClH/c1-6-2-3-7(4-8)5-9-6;1-6-2-3-7(5-9)4-8-6;;1-4(2)3;/h2-3,5H,4H2,1H3;2-4,9H,5H2,1H3;1H4;;1H. The van der Waals surface area contributed by atoms with E-state index in [2.05, 4.69) is 31.3 Å². The molecule has 2 aromatic rings. The van der Waals surface area contributed by atoms with Gasteiger partial charge in [-0.1, -0.05) is 19.6 Å². The van der Waals surface area contributed by atoms with Crippen molar-refractivity contribution in [3.63, 3.8) is 0 Å². The Hall–Kier alpha value is -0.430. The summed E-state index contributed by atoms with van der Waals surface area (Å²) >= 11 is 5.54. The van der Waals surface area contributed by atoms with Crippen molar-refractivity contribution in [1.82, 2.24) is 9.97 Å². The summed E-state index contributed by atoms with van der Waals surface area (Å²) in [5, 5.41) is 8.59. The minimum absolute atomic E-state index is 0. The van der Waals surface area contributed by atoms with E-state index in [1.165, 1.54) is 0 Å². The van der Waals surface area contributed by atoms with Gasteiger partial charge in [-0.05, 0) is 37.1 Å². The first-order valence-electron chi connectivity index (χ1n) is 6.13. The fraction of sp³-hybridized carbons (Fsp3) is 0.333. The highest BCUT2D eigenvalue weighted by molar-refractivity contribution is 8.26. The van der Waals surface area contributed by atoms with Crippen LogP contribution in [0.25, 0.3) is 0 Å². The van der Waals surface area contributed by atoms with Crippen molar-refractivity contribution < 1.29 is 9.32 Å². The Kier molecular flexibility index (Phi) is 20.6. The van der Waals surface area contributed by atoms with Crippen LogP contribution >= 0.6 is 45.4 Å². The summed E-state index contributed by atoms with van der Waals surface area (Å²) < 4.78 is 9.09. The number of aliphatic hydroxyl groups is 1. The molecule has 0 bridgehead atoms. The third-order valence-electron chi connectivity index (χ3n) is 2.28. The Morgan fingerprint density at radius 3 is 1.62 bits per heavy atom. The van der Waals surface area contributed by atoms with E-state index >= 15 is 0 Å². The summed E-state index contributed by atoms with van der Waals surface area (Å²) in [7, 11) is 7.36. The molecule has 0 saturated carbocycles. The predicted octanol–water partition coefficient (Wildman–Crippen LogP) is 5.11. The normalized spacial score (nSPS) is 8.62. The Balaban J connectivity index is -0.000000283. The van der Waals surface area contributed by atoms with Crippen LogP contribution in [0.15, 0.2) is 36.7 Å². The third-order valence-corrected chi connectivity index (χ3v) is 2.59. The van der Waals surface area contributed by atoms with Crippen LogP contribution in [0, 0.1) is 13.8 Å². The lowest BCUT2D eigenvalue weighted by molar-refractivity contribution is 0.281. The van der Waals surface area contributed by atoms with Crippen molar-refractivity contribution in [3.8, 4) is 0 Å². The maximum absolute atomic E-state index is 9.09. The Morgan fingerprint density at radius 1 is 1.00 bits per heavy atom. The van der Waals surface area contributed by atoms with Gasteiger partial charge in [0.2, 0.25) is 9.23 Å². The van der Waals surface area contributed by atoms with Crippen LogP contribution in [-0.2, 0) is 21.7 Å². The molecule has 0 atom stereocenters. The van der Waals surface area contributed by atoms with Gasteiger partial charge < -0.3 is 5.11 Å². The molecule has 0 amide bonds. The summed E-state index contributed by atoms with van der Waals surface area (Å²) in [4.78, 5) is 8.06. The molecule has 0 spiro atoms. The third kappa shape index (κ3) is 16.4. The summed E-state index contributed by atoms with van der Waals surface area (Å²) in [6, 6.07) is 7.68. The number of alkyl halides is 1. The van der Waals surface area contributed by atoms with Gasteiger partial charge >= 0.3 is 0 Å². The maximum Gasteiger partial charge on any atom is 0.211 e. The molecule has 0 radical (unpaired) electrons. The Bertz CT molecular complexity index is 505. The fourth-order valence-electron chi connectivity index (χ4n) is 1.17. The summed E-state index contributed by atoms with van der Waals surface area (Å²) in [5.41, 5.74) is 3.94. The summed E-state index contributed by atoms with van der Waals surface area (Å²) in [6.45, 7) is 3.95. The monoisotopic (exact) mass is 434 g/mol. The second kappa shape index (κ2) is 17.4. The molecule has 4 nitrogen and oxygen atoms in total. The summed E-state index contributed by atoms with van der Waals surface area (Å²) in [6.07, 6.45) is 3.47. The number of aliphatic hydroxyl groups excluding tert-OH is 1. The Morgan fingerprint density at radius 2 is 1.38 bits per heavy atom. The lowest BCUT2D eigenvalue weighted by Gasteiger charge is -1.93. The average Bonchev–Trinajstić information content (AvgIpc) is 2.49. The first-order chi connectivity index (χ1) is 10.4. The number of aromatic nitrogens is 2. The lowest BCUT2D eigenvalue weighted by Crippen LogP contribution is -1.85. The van der Waals surface area contributed by atoms with E-state index in [0.717, 1.165) is 22.5 Å². The maximum atomic E-state index is 9.09. The van der Waals surface area contributed by atoms with E-state index in [9.17, 15) is 0 Å². The van der Waals surface area contributed by atoms with Crippen LogP contribution in [0.3, 0.4) is 0 Å². The van der Waals surface area contributed by atoms with Crippen LogP contribution < -0.4 is 0 Å². The first-order valence-corrected chi connectivity index (χ1v) is 9.46. The van der Waals surface area contributed by atoms with Crippen molar-refractivity contribution >= 4 is 54.6 Å². The minimum atomic E-state index is -1.67. The minimum Gasteiger partial charge on any atom is -0.392 e. The van der Waals surface area contributed by atoms with E-state index < -0.39 is 9.23 Å². The second-order valence-electron chi connectivity index (χ2n) is 4.09. The van der Waals surface area contributed by atoms with Gasteiger partial charge in [-0.15, -0.1) is 24.0 Å². The number of rotatable bonds is 2. The van der Waals surface area contributed by atoms with Gasteiger partial charge in [0.1, 0.15) is 0 Å². The van der Waals surface area contributed by atoms with E-state index in [-0.39, 0.29) is 26.4 Å². The van der Waals surface area contributed by atoms with Gasteiger partial charge in [0.15, 0.2) is 0 Å². The zero-order valence-corrected chi connectivity index (χ0v) is 16.5. The van der Waals surface area contributed by atoms with Crippen molar-refractivity contribution in [3.05, 3.63) is 59.2 Å². The van der Waals surface area contributed by atoms with Crippen LogP contribution in [0.4, 0.5) is 0 Å². The fourth-order valence-corrected chi connectivity index (χ4v) is 1.33. The molecule has 0 aliphatic rings. The largest absolute Gasteiger partial charge is 0.392 e. The number of nitrogens with zero attached hydrogens (tertiary/aromatic N) is 2. The van der Waals surface area contributed by atoms with Crippen LogP contribution in [0.5, 0.6) is 0 Å². The SMILES string of the molecule is C.Cc1ccc(CCl)cn1.Cc1ccc(CO)cn1.Cl.O=S(Cl)Cl. The molecule has 24 heavy (non-hydrogen) atoms. The molecule has 2 rings (SSSR count). The van der Waals surface area contributed by atoms with Crippen molar-refractivity contribution in [2.24, 2.45) is 0 Å². The molecule has 0 aromatic carbocycles. The summed E-state index contributed by atoms with van der Waals surface area (Å²) in [5.74, 6) is 0.549. The molecule has 138 valence electrons. The van der Waals surface area contributed by atoms with Crippen molar-refractivity contribution in [2.45, 2.75) is 33.8 Å². The smallest absolute Gasteiger partial charge is 0.211 e. The first kappa shape index (κ1) is 28.4. The Labute approximate surface area is 166 Å². The number of hydrogen-bond donors (Lipinski definition) is 1. The zero-order chi connectivity index (χ0) is 17.0. The lowest BCUT2D eigenvalue weighted by atomic mass is 10.3. The van der Waals surface area contributed by atoms with Crippen LogP contribution in [0.2, 0.25) is 0 Å². The molecule has 2 aromatic heterocycles. The van der Waals surface area contributed by atoms with Crippen molar-refractivity contribution in [2.75, 3.05) is 0 Å². The van der Waals surface area contributed by atoms with Crippen LogP contribution in [0.1, 0.15) is 29.9 Å².